The lowest BCUT2D eigenvalue weighted by Gasteiger charge is -2.21. The van der Waals surface area contributed by atoms with E-state index in [0.717, 1.165) is 13.1 Å². The maximum atomic E-state index is 5.54. The summed E-state index contributed by atoms with van der Waals surface area (Å²) >= 11 is 0. The van der Waals surface area contributed by atoms with Crippen molar-refractivity contribution >= 4 is 0 Å². The van der Waals surface area contributed by atoms with Gasteiger partial charge < -0.3 is 10.6 Å². The van der Waals surface area contributed by atoms with Crippen LogP contribution in [0.5, 0.6) is 0 Å². The molecule has 0 amide bonds. The van der Waals surface area contributed by atoms with Crippen LogP contribution in [0.15, 0.2) is 24.5 Å². The minimum absolute atomic E-state index is 0.832. The third-order valence-electron chi connectivity index (χ3n) is 3.99. The molecule has 0 aliphatic carbocycles. The van der Waals surface area contributed by atoms with E-state index >= 15 is 0 Å². The zero-order chi connectivity index (χ0) is 14.0. The lowest BCUT2D eigenvalue weighted by molar-refractivity contribution is 0.248. The third-order valence-corrected chi connectivity index (χ3v) is 3.99. The Kier molecular flexibility index (Phi) is 6.98. The number of hydrogen-bond donors (Lipinski definition) is 1. The van der Waals surface area contributed by atoms with Crippen molar-refractivity contribution in [2.24, 2.45) is 5.73 Å². The molecule has 0 bridgehead atoms. The van der Waals surface area contributed by atoms with E-state index in [0.29, 0.717) is 0 Å². The van der Waals surface area contributed by atoms with Crippen molar-refractivity contribution in [1.29, 1.82) is 0 Å². The standard InChI is InChI=1S/C16H28N4/c17-7-2-1-3-9-19-10-5-11-20(13-12-19)15-16-6-4-8-18-14-16/h4,6,8,14H,1-3,5,7,9-13,15,17H2. The molecule has 1 saturated heterocycles. The molecule has 0 aromatic carbocycles. The number of unbranched alkanes of at least 4 members (excludes halogenated alkanes) is 2. The number of aromatic nitrogens is 1. The SMILES string of the molecule is NCCCCCN1CCCN(Cc2cccnc2)CC1. The monoisotopic (exact) mass is 276 g/mol. The number of nitrogens with two attached hydrogens (primary N) is 1. The van der Waals surface area contributed by atoms with Gasteiger partial charge >= 0.3 is 0 Å². The van der Waals surface area contributed by atoms with Crippen LogP contribution in [0.2, 0.25) is 0 Å². The van der Waals surface area contributed by atoms with Crippen molar-refractivity contribution in [3.8, 4) is 0 Å². The first-order valence-corrected chi connectivity index (χ1v) is 7.92. The van der Waals surface area contributed by atoms with Gasteiger partial charge in [0.25, 0.3) is 0 Å². The van der Waals surface area contributed by atoms with Crippen LogP contribution in [0.3, 0.4) is 0 Å². The molecule has 0 spiro atoms. The van der Waals surface area contributed by atoms with Gasteiger partial charge in [-0.15, -0.1) is 0 Å². The molecule has 2 N–H and O–H groups in total. The highest BCUT2D eigenvalue weighted by molar-refractivity contribution is 5.08. The minimum Gasteiger partial charge on any atom is -0.330 e. The largest absolute Gasteiger partial charge is 0.330 e. The highest BCUT2D eigenvalue weighted by atomic mass is 15.2. The van der Waals surface area contributed by atoms with Crippen LogP contribution in [0.4, 0.5) is 0 Å². The Morgan fingerprint density at radius 1 is 1.05 bits per heavy atom. The summed E-state index contributed by atoms with van der Waals surface area (Å²) < 4.78 is 0. The second kappa shape index (κ2) is 9.06. The van der Waals surface area contributed by atoms with E-state index in [9.17, 15) is 0 Å². The molecule has 1 aliphatic rings. The highest BCUT2D eigenvalue weighted by Gasteiger charge is 2.14. The number of pyridine rings is 1. The van der Waals surface area contributed by atoms with Crippen LogP contribution in [0, 0.1) is 0 Å². The Morgan fingerprint density at radius 2 is 1.90 bits per heavy atom. The molecular weight excluding hydrogens is 248 g/mol. The molecule has 0 radical (unpaired) electrons. The first-order valence-electron chi connectivity index (χ1n) is 7.92. The van der Waals surface area contributed by atoms with Crippen LogP contribution in [0.25, 0.3) is 0 Å². The molecule has 1 aromatic rings. The van der Waals surface area contributed by atoms with Gasteiger partial charge in [0.1, 0.15) is 0 Å². The van der Waals surface area contributed by atoms with Crippen molar-refractivity contribution in [2.75, 3.05) is 39.3 Å². The molecule has 0 atom stereocenters. The Labute approximate surface area is 123 Å². The summed E-state index contributed by atoms with van der Waals surface area (Å²) in [6, 6.07) is 4.19. The molecule has 1 fully saturated rings. The highest BCUT2D eigenvalue weighted by Crippen LogP contribution is 2.09. The fraction of sp³-hybridized carbons (Fsp3) is 0.688. The first-order chi connectivity index (χ1) is 9.88. The number of rotatable bonds is 7. The molecule has 0 saturated carbocycles. The van der Waals surface area contributed by atoms with Crippen molar-refractivity contribution in [3.63, 3.8) is 0 Å². The predicted octanol–water partition coefficient (Wildman–Crippen LogP) is 1.72. The average molecular weight is 276 g/mol. The van der Waals surface area contributed by atoms with Crippen molar-refractivity contribution in [3.05, 3.63) is 30.1 Å². The summed E-state index contributed by atoms with van der Waals surface area (Å²) in [5.74, 6) is 0. The van der Waals surface area contributed by atoms with Gasteiger partial charge in [-0.05, 0) is 57.1 Å². The van der Waals surface area contributed by atoms with E-state index < -0.39 is 0 Å². The fourth-order valence-corrected chi connectivity index (χ4v) is 2.81. The van der Waals surface area contributed by atoms with Gasteiger partial charge in [-0.2, -0.15) is 0 Å². The van der Waals surface area contributed by atoms with E-state index in [2.05, 4.69) is 20.9 Å². The van der Waals surface area contributed by atoms with E-state index in [1.165, 1.54) is 64.0 Å². The van der Waals surface area contributed by atoms with Crippen molar-refractivity contribution < 1.29 is 0 Å². The Hall–Kier alpha value is -0.970. The Morgan fingerprint density at radius 3 is 2.70 bits per heavy atom. The van der Waals surface area contributed by atoms with Crippen LogP contribution in [-0.4, -0.2) is 54.1 Å². The molecule has 1 aliphatic heterocycles. The minimum atomic E-state index is 0.832. The average Bonchev–Trinajstić information content (AvgIpc) is 2.70. The number of hydrogen-bond acceptors (Lipinski definition) is 4. The molecule has 1 aromatic heterocycles. The lowest BCUT2D eigenvalue weighted by Crippen LogP contribution is -2.31. The number of nitrogens with zero attached hydrogens (tertiary/aromatic N) is 3. The molecule has 2 heterocycles. The summed E-state index contributed by atoms with van der Waals surface area (Å²) in [7, 11) is 0. The van der Waals surface area contributed by atoms with Crippen LogP contribution >= 0.6 is 0 Å². The fourth-order valence-electron chi connectivity index (χ4n) is 2.81. The van der Waals surface area contributed by atoms with E-state index in [-0.39, 0.29) is 0 Å². The first kappa shape index (κ1) is 15.4. The molecule has 20 heavy (non-hydrogen) atoms. The lowest BCUT2D eigenvalue weighted by atomic mass is 10.2. The van der Waals surface area contributed by atoms with E-state index in [1.807, 2.05) is 18.5 Å². The van der Waals surface area contributed by atoms with Crippen molar-refractivity contribution in [1.82, 2.24) is 14.8 Å². The van der Waals surface area contributed by atoms with E-state index in [1.54, 1.807) is 0 Å². The second-order valence-corrected chi connectivity index (χ2v) is 5.68. The molecule has 4 heteroatoms. The van der Waals surface area contributed by atoms with Crippen molar-refractivity contribution in [2.45, 2.75) is 32.2 Å². The van der Waals surface area contributed by atoms with Gasteiger partial charge in [0.15, 0.2) is 0 Å². The zero-order valence-corrected chi connectivity index (χ0v) is 12.5. The maximum Gasteiger partial charge on any atom is 0.0312 e. The molecule has 112 valence electrons. The Balaban J connectivity index is 1.69. The molecule has 4 nitrogen and oxygen atoms in total. The van der Waals surface area contributed by atoms with Crippen LogP contribution in [0.1, 0.15) is 31.2 Å². The van der Waals surface area contributed by atoms with Gasteiger partial charge in [-0.1, -0.05) is 12.5 Å². The second-order valence-electron chi connectivity index (χ2n) is 5.68. The van der Waals surface area contributed by atoms with Crippen LogP contribution in [-0.2, 0) is 6.54 Å². The summed E-state index contributed by atoms with van der Waals surface area (Å²) in [6.07, 6.45) is 8.83. The summed E-state index contributed by atoms with van der Waals surface area (Å²) in [5, 5.41) is 0. The molecule has 2 rings (SSSR count). The van der Waals surface area contributed by atoms with Gasteiger partial charge in [0.05, 0.1) is 0 Å². The summed E-state index contributed by atoms with van der Waals surface area (Å²) in [6.45, 7) is 7.92. The van der Waals surface area contributed by atoms with Gasteiger partial charge in [0, 0.05) is 32.0 Å². The summed E-state index contributed by atoms with van der Waals surface area (Å²) in [5.41, 5.74) is 6.86. The smallest absolute Gasteiger partial charge is 0.0312 e. The van der Waals surface area contributed by atoms with Crippen LogP contribution < -0.4 is 5.73 Å². The molecular formula is C16H28N4. The maximum absolute atomic E-state index is 5.54. The predicted molar refractivity (Wildman–Crippen MR) is 83.5 cm³/mol. The third kappa shape index (κ3) is 5.57. The normalized spacial score (nSPS) is 18.1. The summed E-state index contributed by atoms with van der Waals surface area (Å²) in [4.78, 5) is 9.36. The van der Waals surface area contributed by atoms with E-state index in [4.69, 9.17) is 5.73 Å². The molecule has 0 unspecified atom stereocenters. The van der Waals surface area contributed by atoms with Gasteiger partial charge in [-0.3, -0.25) is 9.88 Å². The van der Waals surface area contributed by atoms with Gasteiger partial charge in [-0.25, -0.2) is 0 Å². The quantitative estimate of drug-likeness (QED) is 0.770. The zero-order valence-electron chi connectivity index (χ0n) is 12.5. The Bertz CT molecular complexity index is 355. The van der Waals surface area contributed by atoms with Gasteiger partial charge in [0.2, 0.25) is 0 Å². The topological polar surface area (TPSA) is 45.4 Å².